The molecule has 0 radical (unpaired) electrons. The van der Waals surface area contributed by atoms with Crippen molar-refractivity contribution in [2.75, 3.05) is 19.6 Å². The van der Waals surface area contributed by atoms with Gasteiger partial charge in [-0.2, -0.15) is 0 Å². The second-order valence-corrected chi connectivity index (χ2v) is 12.7. The largest absolute Gasteiger partial charge is 0.473 e. The number of piperidine rings is 1. The number of fused-ring (bicyclic) bond motifs is 1. The summed E-state index contributed by atoms with van der Waals surface area (Å²) in [5.41, 5.74) is 4.59. The van der Waals surface area contributed by atoms with Gasteiger partial charge in [0.15, 0.2) is 5.78 Å². The molecule has 1 saturated heterocycles. The van der Waals surface area contributed by atoms with E-state index >= 15 is 0 Å². The number of ketones is 1. The summed E-state index contributed by atoms with van der Waals surface area (Å²) in [5.74, 6) is -2.90. The summed E-state index contributed by atoms with van der Waals surface area (Å²) >= 11 is 0. The van der Waals surface area contributed by atoms with E-state index < -0.39 is 11.9 Å². The van der Waals surface area contributed by atoms with Crippen molar-refractivity contribution in [2.45, 2.75) is 51.0 Å². The maximum Gasteiger partial charge on any atom is 0.414 e. The van der Waals surface area contributed by atoms with Crippen LogP contribution in [0.15, 0.2) is 97.1 Å². The molecule has 0 amide bonds. The van der Waals surface area contributed by atoms with Crippen molar-refractivity contribution >= 4 is 28.8 Å². The Hall–Kier alpha value is -5.29. The molecule has 0 aliphatic carbocycles. The molecular formula is C40H40F3N3O5. The average Bonchev–Trinajstić information content (AvgIpc) is 3.48. The first-order chi connectivity index (χ1) is 24.6. The molecule has 0 spiro atoms. The highest BCUT2D eigenvalue weighted by Gasteiger charge is 2.23. The van der Waals surface area contributed by atoms with Gasteiger partial charge < -0.3 is 19.7 Å². The highest BCUT2D eigenvalue weighted by molar-refractivity contribution is 6.27. The maximum absolute atomic E-state index is 13.6. The van der Waals surface area contributed by atoms with Crippen molar-refractivity contribution in [3.05, 3.63) is 137 Å². The number of benzene rings is 4. The number of Topliss-reactive ketones (excluding diaryl/α,β-unsaturated/α-hetero) is 1. The molecule has 0 bridgehead atoms. The Kier molecular flexibility index (Phi) is 12.7. The molecule has 0 atom stereocenters. The summed E-state index contributed by atoms with van der Waals surface area (Å²) in [4.78, 5) is 38.5. The van der Waals surface area contributed by atoms with Gasteiger partial charge in [0.25, 0.3) is 0 Å². The molecule has 1 aromatic heterocycles. The fourth-order valence-corrected chi connectivity index (χ4v) is 6.63. The van der Waals surface area contributed by atoms with Gasteiger partial charge in [-0.3, -0.25) is 4.79 Å². The molecule has 2 N–H and O–H groups in total. The lowest BCUT2D eigenvalue weighted by Crippen LogP contribution is -2.35. The second-order valence-electron chi connectivity index (χ2n) is 12.7. The lowest BCUT2D eigenvalue weighted by Gasteiger charge is -2.32. The molecule has 6 rings (SSSR count). The van der Waals surface area contributed by atoms with Gasteiger partial charge in [-0.25, -0.2) is 27.7 Å². The van der Waals surface area contributed by atoms with Crippen LogP contribution in [0.3, 0.4) is 0 Å². The van der Waals surface area contributed by atoms with Crippen LogP contribution >= 0.6 is 0 Å². The van der Waals surface area contributed by atoms with Gasteiger partial charge in [-0.1, -0.05) is 36.4 Å². The van der Waals surface area contributed by atoms with E-state index in [2.05, 4.69) is 15.5 Å². The number of hydrogen-bond donors (Lipinski definition) is 2. The fourth-order valence-electron chi connectivity index (χ4n) is 6.63. The first-order valence-electron chi connectivity index (χ1n) is 17.0. The van der Waals surface area contributed by atoms with E-state index in [9.17, 15) is 18.0 Å². The summed E-state index contributed by atoms with van der Waals surface area (Å²) in [7, 11) is 0. The van der Waals surface area contributed by atoms with Gasteiger partial charge >= 0.3 is 11.9 Å². The van der Waals surface area contributed by atoms with Gasteiger partial charge in [0.1, 0.15) is 23.3 Å². The molecule has 1 aliphatic heterocycles. The Balaban J connectivity index is 0.000000774. The smallest absolute Gasteiger partial charge is 0.414 e. The Morgan fingerprint density at radius 3 is 1.80 bits per heavy atom. The van der Waals surface area contributed by atoms with Crippen LogP contribution in [0.2, 0.25) is 0 Å². The number of carboxylic acid groups (broad SMARTS) is 2. The number of aromatic nitrogens is 2. The van der Waals surface area contributed by atoms with E-state index in [4.69, 9.17) is 24.8 Å². The molecule has 0 saturated carbocycles. The SMILES string of the molecule is O=C(CCn1c(CC2CCN(CCCC(c3ccc(F)cc3)c3ccc(F)cc3)CC2)nc2ccccc21)c1ccc(F)cc1.O=C(O)C(=O)O. The minimum Gasteiger partial charge on any atom is -0.473 e. The molecule has 5 aromatic rings. The van der Waals surface area contributed by atoms with E-state index in [1.165, 1.54) is 36.4 Å². The van der Waals surface area contributed by atoms with Gasteiger partial charge in [0, 0.05) is 30.9 Å². The zero-order valence-electron chi connectivity index (χ0n) is 28.1. The Bertz CT molecular complexity index is 1860. The Labute approximate surface area is 294 Å². The number of aliphatic carboxylic acids is 2. The summed E-state index contributed by atoms with van der Waals surface area (Å²) in [6.07, 6.45) is 5.24. The topological polar surface area (TPSA) is 113 Å². The molecule has 4 aromatic carbocycles. The minimum atomic E-state index is -1.82. The van der Waals surface area contributed by atoms with E-state index in [0.29, 0.717) is 24.4 Å². The molecule has 51 heavy (non-hydrogen) atoms. The highest BCUT2D eigenvalue weighted by Crippen LogP contribution is 2.31. The van der Waals surface area contributed by atoms with Crippen LogP contribution in [-0.2, 0) is 22.6 Å². The fraction of sp³-hybridized carbons (Fsp3) is 0.300. The number of carbonyl (C=O) groups is 3. The predicted molar refractivity (Wildman–Crippen MR) is 187 cm³/mol. The average molecular weight is 700 g/mol. The number of imidazole rings is 1. The third-order valence-electron chi connectivity index (χ3n) is 9.34. The first kappa shape index (κ1) is 37.0. The molecular weight excluding hydrogens is 659 g/mol. The zero-order valence-corrected chi connectivity index (χ0v) is 28.1. The monoisotopic (exact) mass is 699 g/mol. The van der Waals surface area contributed by atoms with Gasteiger partial charge in [0.05, 0.1) is 11.0 Å². The molecule has 0 unspecified atom stereocenters. The highest BCUT2D eigenvalue weighted by atomic mass is 19.1. The zero-order chi connectivity index (χ0) is 36.3. The van der Waals surface area contributed by atoms with Crippen molar-refractivity contribution in [3.8, 4) is 0 Å². The van der Waals surface area contributed by atoms with Crippen molar-refractivity contribution in [2.24, 2.45) is 5.92 Å². The quantitative estimate of drug-likeness (QED) is 0.101. The van der Waals surface area contributed by atoms with Crippen LogP contribution in [0.5, 0.6) is 0 Å². The van der Waals surface area contributed by atoms with Crippen molar-refractivity contribution in [1.29, 1.82) is 0 Å². The number of aryl methyl sites for hydroxylation is 1. The van der Waals surface area contributed by atoms with Gasteiger partial charge in [-0.05, 0) is 123 Å². The van der Waals surface area contributed by atoms with Gasteiger partial charge in [-0.15, -0.1) is 0 Å². The number of carbonyl (C=O) groups excluding carboxylic acids is 1. The van der Waals surface area contributed by atoms with Crippen LogP contribution in [0.4, 0.5) is 13.2 Å². The lowest BCUT2D eigenvalue weighted by molar-refractivity contribution is -0.159. The van der Waals surface area contributed by atoms with Crippen LogP contribution in [0.1, 0.15) is 65.3 Å². The van der Waals surface area contributed by atoms with Crippen LogP contribution in [-0.4, -0.2) is 62.0 Å². The van der Waals surface area contributed by atoms with Crippen LogP contribution in [0.25, 0.3) is 11.0 Å². The second kappa shape index (κ2) is 17.6. The van der Waals surface area contributed by atoms with Crippen molar-refractivity contribution < 1.29 is 37.8 Å². The third kappa shape index (κ3) is 10.4. The Morgan fingerprint density at radius 2 is 1.25 bits per heavy atom. The summed E-state index contributed by atoms with van der Waals surface area (Å²) < 4.78 is 42.7. The van der Waals surface area contributed by atoms with Gasteiger partial charge in [0.2, 0.25) is 0 Å². The molecule has 266 valence electrons. The maximum atomic E-state index is 13.6. The van der Waals surface area contributed by atoms with Crippen molar-refractivity contribution in [3.63, 3.8) is 0 Å². The number of likely N-dealkylation sites (tertiary alicyclic amines) is 1. The van der Waals surface area contributed by atoms with Crippen LogP contribution < -0.4 is 0 Å². The third-order valence-corrected chi connectivity index (χ3v) is 9.34. The van der Waals surface area contributed by atoms with E-state index in [-0.39, 0.29) is 29.2 Å². The minimum absolute atomic E-state index is 0.00636. The standard InChI is InChI=1S/C38H38F3N3O.C2H2O4/c39-31-13-7-28(8-14-31)34(29-9-15-32(40)16-10-29)4-3-22-43-23-19-27(20-24-43)26-38-42-35-5-1-2-6-36(35)44(38)25-21-37(45)30-11-17-33(41)18-12-30;3-1(4)2(5)6/h1-2,5-18,27,34H,3-4,19-26H2;(H,3,4)(H,5,6). The number of rotatable bonds is 12. The van der Waals surface area contributed by atoms with Crippen LogP contribution in [0, 0.1) is 23.4 Å². The molecule has 2 heterocycles. The summed E-state index contributed by atoms with van der Waals surface area (Å²) in [5, 5.41) is 14.8. The molecule has 8 nitrogen and oxygen atoms in total. The normalized spacial score (nSPS) is 13.6. The Morgan fingerprint density at radius 1 is 0.725 bits per heavy atom. The number of hydrogen-bond acceptors (Lipinski definition) is 5. The van der Waals surface area contributed by atoms with E-state index in [0.717, 1.165) is 79.7 Å². The van der Waals surface area contributed by atoms with Crippen molar-refractivity contribution in [1.82, 2.24) is 14.5 Å². The predicted octanol–water partition coefficient (Wildman–Crippen LogP) is 7.75. The summed E-state index contributed by atoms with van der Waals surface area (Å²) in [6, 6.07) is 27.1. The van der Waals surface area contributed by atoms with E-state index in [1.54, 1.807) is 12.1 Å². The number of para-hydroxylation sites is 2. The lowest BCUT2D eigenvalue weighted by atomic mass is 9.87. The number of carboxylic acids is 2. The molecule has 1 fully saturated rings. The number of halogens is 3. The number of nitrogens with zero attached hydrogens (tertiary/aromatic N) is 3. The molecule has 1 aliphatic rings. The first-order valence-corrected chi connectivity index (χ1v) is 17.0. The van der Waals surface area contributed by atoms with E-state index in [1.807, 2.05) is 42.5 Å². The summed E-state index contributed by atoms with van der Waals surface area (Å²) in [6.45, 7) is 3.56. The molecule has 11 heteroatoms.